The van der Waals surface area contributed by atoms with Crippen LogP contribution in [0.25, 0.3) is 11.3 Å². The molecule has 1 aromatic heterocycles. The van der Waals surface area contributed by atoms with Gasteiger partial charge < -0.3 is 9.73 Å². The Morgan fingerprint density at radius 3 is 2.45 bits per heavy atom. The molecule has 2 rings (SSSR count). The Labute approximate surface area is 125 Å². The first-order valence-electron chi connectivity index (χ1n) is 6.70. The van der Waals surface area contributed by atoms with Crippen LogP contribution in [-0.4, -0.2) is 6.54 Å². The van der Waals surface area contributed by atoms with Crippen molar-refractivity contribution in [2.24, 2.45) is 5.92 Å². The average molecular weight is 298 g/mol. The lowest BCUT2D eigenvalue weighted by Crippen LogP contribution is -2.15. The average Bonchev–Trinajstić information content (AvgIpc) is 2.84. The van der Waals surface area contributed by atoms with Gasteiger partial charge in [-0.05, 0) is 55.3 Å². The summed E-state index contributed by atoms with van der Waals surface area (Å²) < 4.78 is 18.6. The third-order valence-corrected chi connectivity index (χ3v) is 2.99. The highest BCUT2D eigenvalue weighted by molar-refractivity contribution is 5.85. The molecule has 0 radical (unpaired) electrons. The second-order valence-corrected chi connectivity index (χ2v) is 5.13. The molecule has 0 fully saturated rings. The summed E-state index contributed by atoms with van der Waals surface area (Å²) in [5, 5.41) is 3.35. The van der Waals surface area contributed by atoms with Crippen LogP contribution in [0.5, 0.6) is 0 Å². The van der Waals surface area contributed by atoms with E-state index < -0.39 is 0 Å². The van der Waals surface area contributed by atoms with E-state index in [0.29, 0.717) is 5.92 Å². The first-order chi connectivity index (χ1) is 9.15. The second kappa shape index (κ2) is 8.08. The Morgan fingerprint density at radius 1 is 1.10 bits per heavy atom. The fourth-order valence-corrected chi connectivity index (χ4v) is 1.84. The molecule has 0 aliphatic heterocycles. The van der Waals surface area contributed by atoms with Crippen molar-refractivity contribution in [2.45, 2.75) is 26.8 Å². The Bertz CT molecular complexity index is 507. The van der Waals surface area contributed by atoms with Gasteiger partial charge in [0.2, 0.25) is 0 Å². The minimum absolute atomic E-state index is 0. The van der Waals surface area contributed by atoms with Crippen molar-refractivity contribution in [3.8, 4) is 11.3 Å². The Hall–Kier alpha value is -1.32. The van der Waals surface area contributed by atoms with E-state index in [1.165, 1.54) is 12.1 Å². The summed E-state index contributed by atoms with van der Waals surface area (Å²) in [5.74, 6) is 2.16. The van der Waals surface area contributed by atoms with Gasteiger partial charge in [0.15, 0.2) is 0 Å². The highest BCUT2D eigenvalue weighted by Gasteiger charge is 2.04. The van der Waals surface area contributed by atoms with Crippen LogP contribution in [0.1, 0.15) is 26.0 Å². The predicted octanol–water partition coefficient (Wildman–Crippen LogP) is 4.64. The lowest BCUT2D eigenvalue weighted by atomic mass is 10.1. The van der Waals surface area contributed by atoms with Crippen molar-refractivity contribution in [2.75, 3.05) is 6.54 Å². The van der Waals surface area contributed by atoms with E-state index in [9.17, 15) is 4.39 Å². The van der Waals surface area contributed by atoms with Crippen molar-refractivity contribution >= 4 is 12.4 Å². The van der Waals surface area contributed by atoms with E-state index in [4.69, 9.17) is 4.42 Å². The van der Waals surface area contributed by atoms with Gasteiger partial charge in [-0.25, -0.2) is 4.39 Å². The summed E-state index contributed by atoms with van der Waals surface area (Å²) in [6, 6.07) is 10.2. The lowest BCUT2D eigenvalue weighted by Gasteiger charge is -2.05. The Morgan fingerprint density at radius 2 is 1.80 bits per heavy atom. The SMILES string of the molecule is CC(C)CCNCc1ccc(-c2ccc(F)cc2)o1.Cl. The van der Waals surface area contributed by atoms with Gasteiger partial charge in [-0.15, -0.1) is 12.4 Å². The third kappa shape index (κ3) is 4.99. The second-order valence-electron chi connectivity index (χ2n) is 5.13. The minimum atomic E-state index is -0.231. The van der Waals surface area contributed by atoms with Crippen molar-refractivity contribution < 1.29 is 8.81 Å². The van der Waals surface area contributed by atoms with Crippen molar-refractivity contribution in [3.63, 3.8) is 0 Å². The molecule has 0 bridgehead atoms. The Balaban J connectivity index is 0.00000200. The maximum atomic E-state index is 12.8. The van der Waals surface area contributed by atoms with Gasteiger partial charge >= 0.3 is 0 Å². The highest BCUT2D eigenvalue weighted by Crippen LogP contribution is 2.22. The smallest absolute Gasteiger partial charge is 0.134 e. The van der Waals surface area contributed by atoms with Gasteiger partial charge in [0.25, 0.3) is 0 Å². The standard InChI is InChI=1S/C16H20FNO.ClH/c1-12(2)9-10-18-11-15-7-8-16(19-15)13-3-5-14(17)6-4-13;/h3-8,12,18H,9-11H2,1-2H3;1H. The van der Waals surface area contributed by atoms with Gasteiger partial charge in [0.05, 0.1) is 6.54 Å². The summed E-state index contributed by atoms with van der Waals surface area (Å²) in [7, 11) is 0. The van der Waals surface area contributed by atoms with Crippen molar-refractivity contribution in [3.05, 3.63) is 48.0 Å². The zero-order valence-electron chi connectivity index (χ0n) is 11.9. The molecule has 0 amide bonds. The summed E-state index contributed by atoms with van der Waals surface area (Å²) in [5.41, 5.74) is 0.898. The number of hydrogen-bond donors (Lipinski definition) is 1. The molecule has 0 unspecified atom stereocenters. The molecule has 0 saturated carbocycles. The molecule has 1 heterocycles. The zero-order valence-corrected chi connectivity index (χ0v) is 12.7. The number of furan rings is 1. The van der Waals surface area contributed by atoms with Crippen LogP contribution in [-0.2, 0) is 6.54 Å². The van der Waals surface area contributed by atoms with E-state index in [-0.39, 0.29) is 18.2 Å². The fourth-order valence-electron chi connectivity index (χ4n) is 1.84. The van der Waals surface area contributed by atoms with Gasteiger partial charge in [-0.1, -0.05) is 13.8 Å². The van der Waals surface area contributed by atoms with E-state index >= 15 is 0 Å². The van der Waals surface area contributed by atoms with Crippen LogP contribution in [0.15, 0.2) is 40.8 Å². The molecule has 2 aromatic rings. The molecule has 0 saturated heterocycles. The largest absolute Gasteiger partial charge is 0.460 e. The number of halogens is 2. The minimum Gasteiger partial charge on any atom is -0.460 e. The molecular formula is C16H21ClFNO. The topological polar surface area (TPSA) is 25.2 Å². The van der Waals surface area contributed by atoms with Gasteiger partial charge in [-0.3, -0.25) is 0 Å². The molecular weight excluding hydrogens is 277 g/mol. The van der Waals surface area contributed by atoms with Crippen LogP contribution in [0, 0.1) is 11.7 Å². The van der Waals surface area contributed by atoms with E-state index in [1.54, 1.807) is 12.1 Å². The van der Waals surface area contributed by atoms with Gasteiger partial charge in [0.1, 0.15) is 17.3 Å². The van der Waals surface area contributed by atoms with Gasteiger partial charge in [0, 0.05) is 5.56 Å². The molecule has 2 nitrogen and oxygen atoms in total. The van der Waals surface area contributed by atoms with Crippen LogP contribution in [0.4, 0.5) is 4.39 Å². The molecule has 1 N–H and O–H groups in total. The molecule has 20 heavy (non-hydrogen) atoms. The van der Waals surface area contributed by atoms with Crippen molar-refractivity contribution in [1.29, 1.82) is 0 Å². The summed E-state index contributed by atoms with van der Waals surface area (Å²) in [6.07, 6.45) is 1.16. The zero-order chi connectivity index (χ0) is 13.7. The molecule has 0 aliphatic carbocycles. The molecule has 0 spiro atoms. The highest BCUT2D eigenvalue weighted by atomic mass is 35.5. The van der Waals surface area contributed by atoms with E-state index in [0.717, 1.165) is 36.6 Å². The van der Waals surface area contributed by atoms with E-state index in [2.05, 4.69) is 19.2 Å². The summed E-state index contributed by atoms with van der Waals surface area (Å²) in [6.45, 7) is 6.14. The van der Waals surface area contributed by atoms with Crippen molar-refractivity contribution in [1.82, 2.24) is 5.32 Å². The number of benzene rings is 1. The first-order valence-corrected chi connectivity index (χ1v) is 6.70. The molecule has 4 heteroatoms. The first kappa shape index (κ1) is 16.7. The number of rotatable bonds is 6. The molecule has 110 valence electrons. The van der Waals surface area contributed by atoms with E-state index in [1.807, 2.05) is 12.1 Å². The van der Waals surface area contributed by atoms with Gasteiger partial charge in [-0.2, -0.15) is 0 Å². The quantitative estimate of drug-likeness (QED) is 0.786. The summed E-state index contributed by atoms with van der Waals surface area (Å²) in [4.78, 5) is 0. The predicted molar refractivity (Wildman–Crippen MR) is 82.5 cm³/mol. The molecule has 1 aromatic carbocycles. The fraction of sp³-hybridized carbons (Fsp3) is 0.375. The van der Waals surface area contributed by atoms with Crippen LogP contribution < -0.4 is 5.32 Å². The maximum Gasteiger partial charge on any atom is 0.134 e. The van der Waals surface area contributed by atoms with Crippen LogP contribution >= 0.6 is 12.4 Å². The Kier molecular flexibility index (Phi) is 6.76. The lowest BCUT2D eigenvalue weighted by molar-refractivity contribution is 0.474. The third-order valence-electron chi connectivity index (χ3n) is 2.99. The normalized spacial score (nSPS) is 10.6. The van der Waals surface area contributed by atoms with Crippen LogP contribution in [0.2, 0.25) is 0 Å². The number of nitrogens with one attached hydrogen (secondary N) is 1. The van der Waals surface area contributed by atoms with Crippen LogP contribution in [0.3, 0.4) is 0 Å². The monoisotopic (exact) mass is 297 g/mol. The maximum absolute atomic E-state index is 12.8. The number of hydrogen-bond acceptors (Lipinski definition) is 2. The molecule has 0 aliphatic rings. The molecule has 0 atom stereocenters. The summed E-state index contributed by atoms with van der Waals surface area (Å²) >= 11 is 0.